The molecule has 0 spiro atoms. The molecule has 0 saturated carbocycles. The van der Waals surface area contributed by atoms with E-state index < -0.39 is 17.5 Å². The summed E-state index contributed by atoms with van der Waals surface area (Å²) in [5.41, 5.74) is -0.167. The van der Waals surface area contributed by atoms with Gasteiger partial charge in [-0.25, -0.2) is 13.2 Å². The summed E-state index contributed by atoms with van der Waals surface area (Å²) >= 11 is 0. The van der Waals surface area contributed by atoms with Gasteiger partial charge in [0.05, 0.1) is 12.2 Å². The normalized spacial score (nSPS) is 10.6. The van der Waals surface area contributed by atoms with E-state index in [2.05, 4.69) is 15.5 Å². The first-order chi connectivity index (χ1) is 8.08. The number of aryl methyl sites for hydroxylation is 1. The molecule has 1 aromatic carbocycles. The van der Waals surface area contributed by atoms with Crippen molar-refractivity contribution >= 4 is 5.69 Å². The Bertz CT molecular complexity index is 542. The van der Waals surface area contributed by atoms with Crippen LogP contribution < -0.4 is 5.32 Å². The second-order valence-electron chi connectivity index (χ2n) is 3.29. The molecule has 4 nitrogen and oxygen atoms in total. The first kappa shape index (κ1) is 11.4. The summed E-state index contributed by atoms with van der Waals surface area (Å²) in [4.78, 5) is 0. The van der Waals surface area contributed by atoms with E-state index in [4.69, 9.17) is 4.42 Å². The highest BCUT2D eigenvalue weighted by molar-refractivity contribution is 5.45. The fourth-order valence-corrected chi connectivity index (χ4v) is 1.24. The SMILES string of the molecule is Cc1nnc(CNc2ccc(F)c(F)c2F)o1. The van der Waals surface area contributed by atoms with Crippen molar-refractivity contribution in [2.45, 2.75) is 13.5 Å². The van der Waals surface area contributed by atoms with Gasteiger partial charge in [-0.1, -0.05) is 0 Å². The van der Waals surface area contributed by atoms with Gasteiger partial charge in [0, 0.05) is 6.92 Å². The maximum atomic E-state index is 13.2. The van der Waals surface area contributed by atoms with Gasteiger partial charge in [0.2, 0.25) is 11.8 Å². The van der Waals surface area contributed by atoms with E-state index in [1.165, 1.54) is 0 Å². The first-order valence-corrected chi connectivity index (χ1v) is 4.74. The Balaban J connectivity index is 2.12. The molecule has 1 heterocycles. The van der Waals surface area contributed by atoms with Crippen molar-refractivity contribution in [3.63, 3.8) is 0 Å². The Hall–Kier alpha value is -2.05. The van der Waals surface area contributed by atoms with Crippen molar-refractivity contribution in [1.82, 2.24) is 10.2 Å². The van der Waals surface area contributed by atoms with Crippen LogP contribution in [0.5, 0.6) is 0 Å². The van der Waals surface area contributed by atoms with Crippen molar-refractivity contribution in [3.05, 3.63) is 41.4 Å². The molecule has 0 aliphatic carbocycles. The molecule has 90 valence electrons. The van der Waals surface area contributed by atoms with Crippen LogP contribution in [0, 0.1) is 24.4 Å². The molecule has 0 aliphatic rings. The molecular weight excluding hydrogens is 235 g/mol. The molecule has 0 unspecified atom stereocenters. The number of nitrogens with zero attached hydrogens (tertiary/aromatic N) is 2. The molecule has 1 aromatic heterocycles. The van der Waals surface area contributed by atoms with Crippen LogP contribution in [-0.2, 0) is 6.54 Å². The Morgan fingerprint density at radius 3 is 2.59 bits per heavy atom. The number of aromatic nitrogens is 2. The van der Waals surface area contributed by atoms with Gasteiger partial charge >= 0.3 is 0 Å². The van der Waals surface area contributed by atoms with E-state index in [0.717, 1.165) is 12.1 Å². The summed E-state index contributed by atoms with van der Waals surface area (Å²) in [7, 11) is 0. The van der Waals surface area contributed by atoms with Gasteiger partial charge in [-0.3, -0.25) is 0 Å². The average Bonchev–Trinajstić information content (AvgIpc) is 2.71. The van der Waals surface area contributed by atoms with E-state index in [-0.39, 0.29) is 18.1 Å². The zero-order valence-electron chi connectivity index (χ0n) is 8.80. The maximum Gasteiger partial charge on any atom is 0.235 e. The van der Waals surface area contributed by atoms with E-state index in [1.54, 1.807) is 6.92 Å². The van der Waals surface area contributed by atoms with Gasteiger partial charge in [-0.2, -0.15) is 0 Å². The quantitative estimate of drug-likeness (QED) is 0.841. The van der Waals surface area contributed by atoms with Crippen molar-refractivity contribution in [2.75, 3.05) is 5.32 Å². The molecule has 0 fully saturated rings. The van der Waals surface area contributed by atoms with Crippen molar-refractivity contribution in [1.29, 1.82) is 0 Å². The Kier molecular flexibility index (Phi) is 2.99. The molecule has 1 N–H and O–H groups in total. The van der Waals surface area contributed by atoms with Crippen LogP contribution >= 0.6 is 0 Å². The molecule has 0 saturated heterocycles. The monoisotopic (exact) mass is 243 g/mol. The van der Waals surface area contributed by atoms with Crippen LogP contribution in [0.2, 0.25) is 0 Å². The van der Waals surface area contributed by atoms with Gasteiger partial charge in [0.1, 0.15) is 0 Å². The molecular formula is C10H8F3N3O. The van der Waals surface area contributed by atoms with E-state index in [1.807, 2.05) is 0 Å². The van der Waals surface area contributed by atoms with Crippen LogP contribution in [-0.4, -0.2) is 10.2 Å². The maximum absolute atomic E-state index is 13.2. The third kappa shape index (κ3) is 2.38. The van der Waals surface area contributed by atoms with Crippen LogP contribution in [0.15, 0.2) is 16.5 Å². The predicted molar refractivity (Wildman–Crippen MR) is 52.7 cm³/mol. The lowest BCUT2D eigenvalue weighted by molar-refractivity contribution is 0.447. The molecule has 0 aliphatic heterocycles. The third-order valence-electron chi connectivity index (χ3n) is 2.03. The van der Waals surface area contributed by atoms with Crippen LogP contribution in [0.3, 0.4) is 0 Å². The zero-order chi connectivity index (χ0) is 12.4. The summed E-state index contributed by atoms with van der Waals surface area (Å²) in [5.74, 6) is -3.43. The van der Waals surface area contributed by atoms with Gasteiger partial charge < -0.3 is 9.73 Å². The predicted octanol–water partition coefficient (Wildman–Crippen LogP) is 2.41. The molecule has 2 rings (SSSR count). The number of halogens is 3. The van der Waals surface area contributed by atoms with Crippen LogP contribution in [0.25, 0.3) is 0 Å². The van der Waals surface area contributed by atoms with Crippen molar-refractivity contribution in [3.8, 4) is 0 Å². The van der Waals surface area contributed by atoms with Crippen LogP contribution in [0.1, 0.15) is 11.8 Å². The van der Waals surface area contributed by atoms with Crippen molar-refractivity contribution in [2.24, 2.45) is 0 Å². The molecule has 17 heavy (non-hydrogen) atoms. The summed E-state index contributed by atoms with van der Waals surface area (Å²) < 4.78 is 43.8. The minimum Gasteiger partial charge on any atom is -0.424 e. The highest BCUT2D eigenvalue weighted by atomic mass is 19.2. The molecule has 0 bridgehead atoms. The van der Waals surface area contributed by atoms with Gasteiger partial charge in [0.15, 0.2) is 17.5 Å². The highest BCUT2D eigenvalue weighted by Crippen LogP contribution is 2.20. The fraction of sp³-hybridized carbons (Fsp3) is 0.200. The van der Waals surface area contributed by atoms with Gasteiger partial charge in [-0.05, 0) is 12.1 Å². The Labute approximate surface area is 94.5 Å². The molecule has 0 amide bonds. The summed E-state index contributed by atoms with van der Waals surface area (Å²) in [5, 5.41) is 9.76. The topological polar surface area (TPSA) is 51.0 Å². The second-order valence-corrected chi connectivity index (χ2v) is 3.29. The van der Waals surface area contributed by atoms with Gasteiger partial charge in [0.25, 0.3) is 0 Å². The Morgan fingerprint density at radius 1 is 1.18 bits per heavy atom. The van der Waals surface area contributed by atoms with Gasteiger partial charge in [-0.15, -0.1) is 10.2 Å². The van der Waals surface area contributed by atoms with E-state index in [9.17, 15) is 13.2 Å². The fourth-order valence-electron chi connectivity index (χ4n) is 1.24. The minimum absolute atomic E-state index is 0.0306. The molecule has 0 atom stereocenters. The average molecular weight is 243 g/mol. The largest absolute Gasteiger partial charge is 0.424 e. The molecule has 2 aromatic rings. The Morgan fingerprint density at radius 2 is 1.94 bits per heavy atom. The number of rotatable bonds is 3. The lowest BCUT2D eigenvalue weighted by Crippen LogP contribution is -2.04. The lowest BCUT2D eigenvalue weighted by atomic mass is 10.3. The van der Waals surface area contributed by atoms with E-state index in [0.29, 0.717) is 5.89 Å². The number of anilines is 1. The number of benzene rings is 1. The zero-order valence-corrected chi connectivity index (χ0v) is 8.80. The summed E-state index contributed by atoms with van der Waals surface area (Å²) in [6, 6.07) is 1.93. The van der Waals surface area contributed by atoms with E-state index >= 15 is 0 Å². The number of hydrogen-bond donors (Lipinski definition) is 1. The minimum atomic E-state index is -1.52. The summed E-state index contributed by atoms with van der Waals surface area (Å²) in [6.45, 7) is 1.64. The highest BCUT2D eigenvalue weighted by Gasteiger charge is 2.13. The smallest absolute Gasteiger partial charge is 0.235 e. The summed E-state index contributed by atoms with van der Waals surface area (Å²) in [6.07, 6.45) is 0. The number of hydrogen-bond acceptors (Lipinski definition) is 4. The third-order valence-corrected chi connectivity index (χ3v) is 2.03. The molecule has 7 heteroatoms. The second kappa shape index (κ2) is 4.44. The lowest BCUT2D eigenvalue weighted by Gasteiger charge is -2.05. The first-order valence-electron chi connectivity index (χ1n) is 4.74. The van der Waals surface area contributed by atoms with Crippen LogP contribution in [0.4, 0.5) is 18.9 Å². The molecule has 0 radical (unpaired) electrons. The number of nitrogens with one attached hydrogen (secondary N) is 1. The van der Waals surface area contributed by atoms with Crippen molar-refractivity contribution < 1.29 is 17.6 Å². The standard InChI is InChI=1S/C10H8F3N3O/c1-5-15-16-8(17-5)4-14-7-3-2-6(11)9(12)10(7)13/h2-3,14H,4H2,1H3.